The van der Waals surface area contributed by atoms with Crippen molar-refractivity contribution in [2.24, 2.45) is 0 Å². The topological polar surface area (TPSA) is 93.2 Å². The molecule has 0 saturated heterocycles. The zero-order chi connectivity index (χ0) is 21.5. The second-order valence-corrected chi connectivity index (χ2v) is 8.06. The molecule has 3 rings (SSSR count). The molecule has 2 amide bonds. The number of anilines is 1. The zero-order valence-electron chi connectivity index (χ0n) is 16.5. The van der Waals surface area contributed by atoms with Crippen molar-refractivity contribution in [3.8, 4) is 5.75 Å². The number of carbonyl (C=O) groups excluding carboxylic acids is 2. The third-order valence-corrected chi connectivity index (χ3v) is 5.38. The highest BCUT2D eigenvalue weighted by molar-refractivity contribution is 7.13. The minimum Gasteiger partial charge on any atom is -0.486 e. The van der Waals surface area contributed by atoms with E-state index in [-0.39, 0.29) is 29.5 Å². The van der Waals surface area contributed by atoms with Crippen LogP contribution in [0.1, 0.15) is 45.4 Å². The molecule has 7 nitrogen and oxygen atoms in total. The van der Waals surface area contributed by atoms with Gasteiger partial charge in [0.25, 0.3) is 11.8 Å². The quantitative estimate of drug-likeness (QED) is 0.531. The Labute approximate surface area is 183 Å². The van der Waals surface area contributed by atoms with Gasteiger partial charge in [-0.3, -0.25) is 9.59 Å². The third kappa shape index (κ3) is 6.01. The Morgan fingerprint density at radius 3 is 2.43 bits per heavy atom. The molecule has 0 bridgehead atoms. The fraction of sp³-hybridized carbons (Fsp3) is 0.238. The molecule has 0 radical (unpaired) electrons. The first-order chi connectivity index (χ1) is 14.4. The summed E-state index contributed by atoms with van der Waals surface area (Å²) < 4.78 is 5.68. The van der Waals surface area contributed by atoms with Crippen molar-refractivity contribution < 1.29 is 14.3 Å². The Morgan fingerprint density at radius 2 is 1.77 bits per heavy atom. The minimum absolute atomic E-state index is 0.114. The lowest BCUT2D eigenvalue weighted by Gasteiger charge is -2.11. The average molecular weight is 445 g/mol. The number of carbonyl (C=O) groups is 2. The van der Waals surface area contributed by atoms with Crippen molar-refractivity contribution in [1.82, 2.24) is 15.5 Å². The summed E-state index contributed by atoms with van der Waals surface area (Å²) in [5, 5.41) is 15.0. The number of benzene rings is 2. The normalized spacial score (nSPS) is 11.6. The number of aromatic nitrogens is 2. The van der Waals surface area contributed by atoms with Gasteiger partial charge in [-0.1, -0.05) is 29.9 Å². The van der Waals surface area contributed by atoms with Crippen LogP contribution in [0, 0.1) is 0 Å². The van der Waals surface area contributed by atoms with Crippen LogP contribution in [-0.2, 0) is 6.61 Å². The van der Waals surface area contributed by atoms with E-state index < -0.39 is 0 Å². The smallest absolute Gasteiger partial charge is 0.286 e. The van der Waals surface area contributed by atoms with E-state index >= 15 is 0 Å². The molecular weight excluding hydrogens is 424 g/mol. The van der Waals surface area contributed by atoms with Crippen LogP contribution in [0.5, 0.6) is 5.75 Å². The summed E-state index contributed by atoms with van der Waals surface area (Å²) in [7, 11) is 0. The van der Waals surface area contributed by atoms with E-state index in [4.69, 9.17) is 16.3 Å². The van der Waals surface area contributed by atoms with Gasteiger partial charge in [0.15, 0.2) is 5.01 Å². The molecule has 1 unspecified atom stereocenters. The SMILES string of the molecule is CCC(C)NC(=O)c1ccc(OCc2nnc(C(=O)Nc3ccc(Cl)cc3)s2)cc1. The summed E-state index contributed by atoms with van der Waals surface area (Å²) in [5.74, 6) is 0.131. The van der Waals surface area contributed by atoms with Crippen LogP contribution in [0.3, 0.4) is 0 Å². The van der Waals surface area contributed by atoms with Gasteiger partial charge in [0, 0.05) is 22.3 Å². The van der Waals surface area contributed by atoms with E-state index in [1.807, 2.05) is 13.8 Å². The van der Waals surface area contributed by atoms with Gasteiger partial charge in [0.1, 0.15) is 12.4 Å². The van der Waals surface area contributed by atoms with Crippen LogP contribution in [-0.4, -0.2) is 28.1 Å². The van der Waals surface area contributed by atoms with Crippen molar-refractivity contribution in [1.29, 1.82) is 0 Å². The van der Waals surface area contributed by atoms with Crippen LogP contribution >= 0.6 is 22.9 Å². The van der Waals surface area contributed by atoms with Gasteiger partial charge in [-0.2, -0.15) is 0 Å². The molecule has 30 heavy (non-hydrogen) atoms. The maximum absolute atomic E-state index is 12.3. The molecule has 1 atom stereocenters. The Balaban J connectivity index is 1.53. The molecule has 0 aliphatic heterocycles. The highest BCUT2D eigenvalue weighted by Crippen LogP contribution is 2.18. The first kappa shape index (κ1) is 21.7. The van der Waals surface area contributed by atoms with Crippen LogP contribution in [0.25, 0.3) is 0 Å². The molecule has 156 valence electrons. The summed E-state index contributed by atoms with van der Waals surface area (Å²) in [5.41, 5.74) is 1.19. The summed E-state index contributed by atoms with van der Waals surface area (Å²) >= 11 is 6.99. The molecule has 1 aromatic heterocycles. The van der Waals surface area contributed by atoms with Gasteiger partial charge >= 0.3 is 0 Å². The Hall–Kier alpha value is -2.97. The fourth-order valence-electron chi connectivity index (χ4n) is 2.38. The van der Waals surface area contributed by atoms with Gasteiger partial charge in [0.2, 0.25) is 5.01 Å². The van der Waals surface area contributed by atoms with Crippen molar-refractivity contribution in [3.05, 3.63) is 69.1 Å². The number of hydrogen-bond acceptors (Lipinski definition) is 6. The summed E-state index contributed by atoms with van der Waals surface area (Å²) in [6.07, 6.45) is 0.870. The van der Waals surface area contributed by atoms with Crippen molar-refractivity contribution in [2.75, 3.05) is 5.32 Å². The van der Waals surface area contributed by atoms with E-state index in [0.29, 0.717) is 27.0 Å². The van der Waals surface area contributed by atoms with Gasteiger partial charge in [-0.15, -0.1) is 10.2 Å². The lowest BCUT2D eigenvalue weighted by Crippen LogP contribution is -2.31. The Bertz CT molecular complexity index is 1010. The number of nitrogens with zero attached hydrogens (tertiary/aromatic N) is 2. The van der Waals surface area contributed by atoms with Gasteiger partial charge < -0.3 is 15.4 Å². The predicted octanol–water partition coefficient (Wildman–Crippen LogP) is 4.55. The van der Waals surface area contributed by atoms with E-state index in [1.54, 1.807) is 48.5 Å². The molecule has 0 saturated carbocycles. The number of hydrogen-bond donors (Lipinski definition) is 2. The molecule has 1 heterocycles. The first-order valence-corrected chi connectivity index (χ1v) is 10.6. The third-order valence-electron chi connectivity index (χ3n) is 4.23. The average Bonchev–Trinajstić information content (AvgIpc) is 3.23. The van der Waals surface area contributed by atoms with E-state index in [0.717, 1.165) is 17.8 Å². The molecule has 2 N–H and O–H groups in total. The summed E-state index contributed by atoms with van der Waals surface area (Å²) in [6, 6.07) is 13.8. The molecule has 3 aromatic rings. The number of rotatable bonds is 8. The highest BCUT2D eigenvalue weighted by Gasteiger charge is 2.14. The highest BCUT2D eigenvalue weighted by atomic mass is 35.5. The molecule has 0 aliphatic rings. The summed E-state index contributed by atoms with van der Waals surface area (Å²) in [4.78, 5) is 24.4. The number of ether oxygens (including phenoxy) is 1. The predicted molar refractivity (Wildman–Crippen MR) is 117 cm³/mol. The number of amides is 2. The standard InChI is InChI=1S/C21H21ClN4O3S/c1-3-13(2)23-19(27)14-4-10-17(11-5-14)29-12-18-25-26-21(30-18)20(28)24-16-8-6-15(22)7-9-16/h4-11,13H,3,12H2,1-2H3,(H,23,27)(H,24,28). The van der Waals surface area contributed by atoms with Crippen LogP contribution in [0.2, 0.25) is 5.02 Å². The van der Waals surface area contributed by atoms with Gasteiger partial charge in [0.05, 0.1) is 0 Å². The summed E-state index contributed by atoms with van der Waals surface area (Å²) in [6.45, 7) is 4.15. The largest absolute Gasteiger partial charge is 0.486 e. The van der Waals surface area contributed by atoms with Crippen molar-refractivity contribution in [2.45, 2.75) is 32.9 Å². The van der Waals surface area contributed by atoms with Crippen LogP contribution in [0.15, 0.2) is 48.5 Å². The minimum atomic E-state index is -0.349. The Kier molecular flexibility index (Phi) is 7.37. The van der Waals surface area contributed by atoms with E-state index in [1.165, 1.54) is 0 Å². The molecule has 0 aliphatic carbocycles. The lowest BCUT2D eigenvalue weighted by atomic mass is 10.2. The number of nitrogens with one attached hydrogen (secondary N) is 2. The zero-order valence-corrected chi connectivity index (χ0v) is 18.1. The van der Waals surface area contributed by atoms with Crippen molar-refractivity contribution in [3.63, 3.8) is 0 Å². The molecular formula is C21H21ClN4O3S. The molecule has 0 fully saturated rings. The first-order valence-electron chi connectivity index (χ1n) is 9.37. The van der Waals surface area contributed by atoms with Crippen LogP contribution in [0.4, 0.5) is 5.69 Å². The van der Waals surface area contributed by atoms with Gasteiger partial charge in [-0.25, -0.2) is 0 Å². The second kappa shape index (κ2) is 10.2. The monoisotopic (exact) mass is 444 g/mol. The maximum atomic E-state index is 12.3. The lowest BCUT2D eigenvalue weighted by molar-refractivity contribution is 0.0938. The van der Waals surface area contributed by atoms with Crippen LogP contribution < -0.4 is 15.4 Å². The van der Waals surface area contributed by atoms with Gasteiger partial charge in [-0.05, 0) is 61.9 Å². The van der Waals surface area contributed by atoms with E-state index in [2.05, 4.69) is 20.8 Å². The fourth-order valence-corrected chi connectivity index (χ4v) is 3.15. The molecule has 2 aromatic carbocycles. The van der Waals surface area contributed by atoms with Crippen molar-refractivity contribution >= 4 is 40.4 Å². The maximum Gasteiger partial charge on any atom is 0.286 e. The second-order valence-electron chi connectivity index (χ2n) is 6.56. The molecule has 0 spiro atoms. The molecule has 9 heteroatoms. The number of halogens is 1. The Morgan fingerprint density at radius 1 is 1.07 bits per heavy atom. The van der Waals surface area contributed by atoms with E-state index in [9.17, 15) is 9.59 Å².